The molecule has 166 valence electrons. The Balaban J connectivity index is 1.36. The first-order valence-corrected chi connectivity index (χ1v) is 10.8. The molecule has 3 rings (SSSR count). The predicted molar refractivity (Wildman–Crippen MR) is 122 cm³/mol. The highest BCUT2D eigenvalue weighted by Crippen LogP contribution is 2.19. The van der Waals surface area contributed by atoms with Crippen LogP contribution in [-0.4, -0.2) is 34.7 Å². The summed E-state index contributed by atoms with van der Waals surface area (Å²) >= 11 is 0. The van der Waals surface area contributed by atoms with E-state index in [-0.39, 0.29) is 17.9 Å². The summed E-state index contributed by atoms with van der Waals surface area (Å²) in [6.07, 6.45) is 3.72. The number of halogens is 1. The van der Waals surface area contributed by atoms with Crippen molar-refractivity contribution in [1.82, 2.24) is 20.4 Å². The Labute approximate surface area is 188 Å². The Morgan fingerprint density at radius 3 is 2.69 bits per heavy atom. The number of carbonyl (C=O) groups is 1. The van der Waals surface area contributed by atoms with Gasteiger partial charge < -0.3 is 10.2 Å². The zero-order valence-corrected chi connectivity index (χ0v) is 18.4. The molecule has 0 aliphatic heterocycles. The van der Waals surface area contributed by atoms with Crippen LogP contribution in [0.15, 0.2) is 54.6 Å². The first kappa shape index (κ1) is 23.0. The Morgan fingerprint density at radius 2 is 1.97 bits per heavy atom. The molecule has 0 spiro atoms. The summed E-state index contributed by atoms with van der Waals surface area (Å²) in [5.74, 6) is -0.272. The maximum absolute atomic E-state index is 13.4. The number of aromatic amines is 1. The third-order valence-electron chi connectivity index (χ3n) is 5.42. The van der Waals surface area contributed by atoms with Gasteiger partial charge in [-0.1, -0.05) is 30.7 Å². The summed E-state index contributed by atoms with van der Waals surface area (Å²) in [5.41, 5.74) is 4.09. The van der Waals surface area contributed by atoms with Gasteiger partial charge in [-0.2, -0.15) is 10.4 Å². The fourth-order valence-corrected chi connectivity index (χ4v) is 3.45. The van der Waals surface area contributed by atoms with Crippen LogP contribution in [0, 0.1) is 17.1 Å². The Morgan fingerprint density at radius 1 is 1.19 bits per heavy atom. The van der Waals surface area contributed by atoms with Crippen molar-refractivity contribution >= 4 is 6.03 Å². The molecule has 1 atom stereocenters. The van der Waals surface area contributed by atoms with Gasteiger partial charge in [-0.25, -0.2) is 9.18 Å². The average molecular weight is 434 g/mol. The molecule has 0 saturated heterocycles. The van der Waals surface area contributed by atoms with Crippen molar-refractivity contribution in [3.63, 3.8) is 0 Å². The van der Waals surface area contributed by atoms with Crippen LogP contribution in [0.4, 0.5) is 9.18 Å². The van der Waals surface area contributed by atoms with Crippen molar-refractivity contribution in [3.05, 3.63) is 77.2 Å². The fraction of sp³-hybridized carbons (Fsp3) is 0.320. The zero-order valence-electron chi connectivity index (χ0n) is 18.4. The SMILES string of the molecule is CC(NC(=O)N(C)CCCCCc1cc(-c2cccc(F)c2)n[nH]1)c1ccc(C#N)cc1. The van der Waals surface area contributed by atoms with E-state index >= 15 is 0 Å². The predicted octanol–water partition coefficient (Wildman–Crippen LogP) is 5.20. The normalized spacial score (nSPS) is 11.6. The standard InChI is InChI=1S/C25H28FN5O/c1-18(20-12-10-19(17-27)11-13-20)28-25(32)31(2)14-5-3-4-9-23-16-24(30-29-23)21-7-6-8-22(26)15-21/h6-8,10-13,15-16,18H,3-5,9,14H2,1-2H3,(H,28,32)(H,29,30). The lowest BCUT2D eigenvalue weighted by Gasteiger charge is -2.21. The molecule has 1 heterocycles. The second kappa shape index (κ2) is 11.1. The molecule has 0 aliphatic rings. The smallest absolute Gasteiger partial charge is 0.317 e. The van der Waals surface area contributed by atoms with Gasteiger partial charge in [-0.05, 0) is 62.1 Å². The summed E-state index contributed by atoms with van der Waals surface area (Å²) in [6.45, 7) is 2.60. The van der Waals surface area contributed by atoms with Crippen LogP contribution in [0.3, 0.4) is 0 Å². The molecule has 2 amide bonds. The lowest BCUT2D eigenvalue weighted by atomic mass is 10.1. The second-order valence-corrected chi connectivity index (χ2v) is 7.93. The molecule has 0 fully saturated rings. The highest BCUT2D eigenvalue weighted by Gasteiger charge is 2.13. The lowest BCUT2D eigenvalue weighted by Crippen LogP contribution is -2.39. The number of nitriles is 1. The van der Waals surface area contributed by atoms with Crippen molar-refractivity contribution in [2.24, 2.45) is 0 Å². The number of urea groups is 1. The van der Waals surface area contributed by atoms with Crippen molar-refractivity contribution < 1.29 is 9.18 Å². The quantitative estimate of drug-likeness (QED) is 0.455. The van der Waals surface area contributed by atoms with Gasteiger partial charge in [0.25, 0.3) is 0 Å². The van der Waals surface area contributed by atoms with E-state index in [2.05, 4.69) is 21.6 Å². The molecular weight excluding hydrogens is 405 g/mol. The minimum absolute atomic E-state index is 0.116. The summed E-state index contributed by atoms with van der Waals surface area (Å²) in [5, 5.41) is 19.2. The van der Waals surface area contributed by atoms with Gasteiger partial charge in [-0.3, -0.25) is 5.10 Å². The molecule has 6 nitrogen and oxygen atoms in total. The first-order chi connectivity index (χ1) is 15.5. The summed E-state index contributed by atoms with van der Waals surface area (Å²) in [6, 6.07) is 17.4. The molecule has 2 N–H and O–H groups in total. The van der Waals surface area contributed by atoms with E-state index < -0.39 is 0 Å². The van der Waals surface area contributed by atoms with Crippen LogP contribution in [0.25, 0.3) is 11.3 Å². The number of rotatable bonds is 9. The molecule has 2 aromatic carbocycles. The van der Waals surface area contributed by atoms with Gasteiger partial charge in [0.05, 0.1) is 23.4 Å². The number of hydrogen-bond donors (Lipinski definition) is 2. The molecule has 1 aromatic heterocycles. The Hall–Kier alpha value is -3.66. The van der Waals surface area contributed by atoms with Crippen LogP contribution < -0.4 is 5.32 Å². The summed E-state index contributed by atoms with van der Waals surface area (Å²) < 4.78 is 13.4. The molecule has 7 heteroatoms. The number of aromatic nitrogens is 2. The molecule has 0 bridgehead atoms. The lowest BCUT2D eigenvalue weighted by molar-refractivity contribution is 0.204. The molecule has 1 unspecified atom stereocenters. The number of benzene rings is 2. The van der Waals surface area contributed by atoms with Crippen molar-refractivity contribution in [2.75, 3.05) is 13.6 Å². The fourth-order valence-electron chi connectivity index (χ4n) is 3.45. The summed E-state index contributed by atoms with van der Waals surface area (Å²) in [7, 11) is 1.79. The van der Waals surface area contributed by atoms with E-state index in [0.29, 0.717) is 12.1 Å². The van der Waals surface area contributed by atoms with Gasteiger partial charge in [0.15, 0.2) is 0 Å². The average Bonchev–Trinajstić information content (AvgIpc) is 3.27. The number of amides is 2. The maximum atomic E-state index is 13.4. The van der Waals surface area contributed by atoms with E-state index in [1.165, 1.54) is 12.1 Å². The van der Waals surface area contributed by atoms with Crippen molar-refractivity contribution in [2.45, 2.75) is 38.6 Å². The van der Waals surface area contributed by atoms with E-state index in [1.807, 2.05) is 31.2 Å². The van der Waals surface area contributed by atoms with Gasteiger partial charge in [0.1, 0.15) is 5.82 Å². The number of H-pyrrole nitrogens is 1. The van der Waals surface area contributed by atoms with Crippen LogP contribution in [-0.2, 0) is 6.42 Å². The van der Waals surface area contributed by atoms with Crippen molar-refractivity contribution in [3.8, 4) is 17.3 Å². The maximum Gasteiger partial charge on any atom is 0.317 e. The minimum atomic E-state index is -0.272. The molecule has 0 saturated carbocycles. The largest absolute Gasteiger partial charge is 0.331 e. The van der Waals surface area contributed by atoms with Crippen LogP contribution in [0.5, 0.6) is 0 Å². The third kappa shape index (κ3) is 6.42. The number of carbonyl (C=O) groups excluding carboxylic acids is 1. The second-order valence-electron chi connectivity index (χ2n) is 7.93. The topological polar surface area (TPSA) is 84.8 Å². The number of hydrogen-bond acceptors (Lipinski definition) is 3. The molecule has 32 heavy (non-hydrogen) atoms. The molecule has 0 radical (unpaired) electrons. The number of unbranched alkanes of at least 4 members (excludes halogenated alkanes) is 2. The molecular formula is C25H28FN5O. The highest BCUT2D eigenvalue weighted by atomic mass is 19.1. The monoisotopic (exact) mass is 433 g/mol. The van der Waals surface area contributed by atoms with Crippen LogP contribution in [0.1, 0.15) is 49.0 Å². The molecule has 0 aliphatic carbocycles. The van der Waals surface area contributed by atoms with Gasteiger partial charge in [0, 0.05) is 24.8 Å². The summed E-state index contributed by atoms with van der Waals surface area (Å²) in [4.78, 5) is 14.1. The van der Waals surface area contributed by atoms with Crippen LogP contribution in [0.2, 0.25) is 0 Å². The van der Waals surface area contributed by atoms with Gasteiger partial charge in [0.2, 0.25) is 0 Å². The number of nitrogens with zero attached hydrogens (tertiary/aromatic N) is 3. The van der Waals surface area contributed by atoms with Crippen molar-refractivity contribution in [1.29, 1.82) is 5.26 Å². The number of nitrogens with one attached hydrogen (secondary N) is 2. The zero-order chi connectivity index (χ0) is 22.9. The van der Waals surface area contributed by atoms with E-state index in [1.54, 1.807) is 30.1 Å². The first-order valence-electron chi connectivity index (χ1n) is 10.8. The minimum Gasteiger partial charge on any atom is -0.331 e. The third-order valence-corrected chi connectivity index (χ3v) is 5.42. The van der Waals surface area contributed by atoms with Crippen LogP contribution >= 0.6 is 0 Å². The highest BCUT2D eigenvalue weighted by molar-refractivity contribution is 5.74. The Kier molecular flexibility index (Phi) is 7.98. The van der Waals surface area contributed by atoms with Gasteiger partial charge in [-0.15, -0.1) is 0 Å². The Bertz CT molecular complexity index is 1070. The van der Waals surface area contributed by atoms with Gasteiger partial charge >= 0.3 is 6.03 Å². The molecule has 3 aromatic rings. The van der Waals surface area contributed by atoms with E-state index in [0.717, 1.165) is 48.2 Å². The number of aryl methyl sites for hydroxylation is 1. The van der Waals surface area contributed by atoms with E-state index in [4.69, 9.17) is 5.26 Å². The van der Waals surface area contributed by atoms with E-state index in [9.17, 15) is 9.18 Å².